The molecule has 0 aliphatic carbocycles. The Labute approximate surface area is 125 Å². The monoisotopic (exact) mass is 338 g/mol. The van der Waals surface area contributed by atoms with Gasteiger partial charge in [-0.3, -0.25) is 10.6 Å². The first kappa shape index (κ1) is 14.5. The minimum Gasteiger partial charge on any atom is -0.359 e. The number of urea groups is 1. The number of nitrogens with one attached hydrogen (secondary N) is 2. The van der Waals surface area contributed by atoms with Crippen molar-refractivity contribution in [1.29, 1.82) is 0 Å². The third-order valence-electron chi connectivity index (χ3n) is 2.45. The van der Waals surface area contributed by atoms with Crippen LogP contribution in [0.4, 0.5) is 16.4 Å². The van der Waals surface area contributed by atoms with E-state index in [0.717, 1.165) is 4.47 Å². The number of hydrogen-bond donors (Lipinski definition) is 2. The van der Waals surface area contributed by atoms with Gasteiger partial charge in [-0.2, -0.15) is 0 Å². The van der Waals surface area contributed by atoms with Gasteiger partial charge >= 0.3 is 6.03 Å². The van der Waals surface area contributed by atoms with Gasteiger partial charge < -0.3 is 4.52 Å². The Morgan fingerprint density at radius 3 is 2.55 bits per heavy atom. The van der Waals surface area contributed by atoms with E-state index >= 15 is 0 Å². The average molecular weight is 339 g/mol. The molecule has 0 fully saturated rings. The second kappa shape index (κ2) is 5.62. The smallest absolute Gasteiger partial charge is 0.326 e. The van der Waals surface area contributed by atoms with E-state index in [9.17, 15) is 4.79 Å². The molecule has 0 saturated heterocycles. The summed E-state index contributed by atoms with van der Waals surface area (Å²) in [4.78, 5) is 15.8. The highest BCUT2D eigenvalue weighted by molar-refractivity contribution is 9.10. The minimum atomic E-state index is -0.427. The Bertz CT molecular complexity index is 619. The molecule has 0 spiro atoms. The number of carbonyl (C=O) groups is 1. The minimum absolute atomic E-state index is 0.157. The molecule has 0 aromatic carbocycles. The van der Waals surface area contributed by atoms with Crippen LogP contribution in [0.15, 0.2) is 33.4 Å². The van der Waals surface area contributed by atoms with Gasteiger partial charge in [0.15, 0.2) is 5.82 Å². The first-order valence-electron chi connectivity index (χ1n) is 6.01. The molecule has 2 N–H and O–H groups in total. The van der Waals surface area contributed by atoms with Crippen LogP contribution in [-0.4, -0.2) is 16.2 Å². The summed E-state index contributed by atoms with van der Waals surface area (Å²) in [5.41, 5.74) is -0.157. The number of nitrogens with zero attached hydrogens (tertiary/aromatic N) is 2. The van der Waals surface area contributed by atoms with Crippen molar-refractivity contribution in [1.82, 2.24) is 10.1 Å². The largest absolute Gasteiger partial charge is 0.359 e. The molecular formula is C13H15BrN4O2. The molecule has 6 nitrogen and oxygen atoms in total. The van der Waals surface area contributed by atoms with E-state index in [1.54, 1.807) is 24.4 Å². The van der Waals surface area contributed by atoms with Crippen LogP contribution in [0.3, 0.4) is 0 Å². The van der Waals surface area contributed by atoms with Crippen molar-refractivity contribution in [2.24, 2.45) is 0 Å². The van der Waals surface area contributed by atoms with Gasteiger partial charge in [0.1, 0.15) is 11.6 Å². The van der Waals surface area contributed by atoms with Crippen LogP contribution in [0.25, 0.3) is 0 Å². The summed E-state index contributed by atoms with van der Waals surface area (Å²) in [6.07, 6.45) is 1.59. The normalized spacial score (nSPS) is 11.2. The maximum Gasteiger partial charge on any atom is 0.326 e. The fourth-order valence-electron chi connectivity index (χ4n) is 1.42. The SMILES string of the molecule is CC(C)(C)c1cc(NC(=O)Nc2cc(Br)ccn2)no1. The second-order valence-electron chi connectivity index (χ2n) is 5.26. The third kappa shape index (κ3) is 3.80. The number of anilines is 2. The predicted octanol–water partition coefficient (Wildman–Crippen LogP) is 3.77. The van der Waals surface area contributed by atoms with Crippen LogP contribution in [0.5, 0.6) is 0 Å². The molecule has 0 aliphatic heterocycles. The van der Waals surface area contributed by atoms with Crippen molar-refractivity contribution in [3.63, 3.8) is 0 Å². The molecule has 106 valence electrons. The highest BCUT2D eigenvalue weighted by atomic mass is 79.9. The summed E-state index contributed by atoms with van der Waals surface area (Å²) in [6, 6.07) is 4.75. The van der Waals surface area contributed by atoms with E-state index in [-0.39, 0.29) is 5.41 Å². The summed E-state index contributed by atoms with van der Waals surface area (Å²) in [5.74, 6) is 1.51. The van der Waals surface area contributed by atoms with Gasteiger partial charge in [-0.05, 0) is 12.1 Å². The highest BCUT2D eigenvalue weighted by Gasteiger charge is 2.20. The zero-order chi connectivity index (χ0) is 14.8. The van der Waals surface area contributed by atoms with Crippen molar-refractivity contribution in [3.05, 3.63) is 34.6 Å². The molecular weight excluding hydrogens is 324 g/mol. The number of pyridine rings is 1. The van der Waals surface area contributed by atoms with Crippen LogP contribution in [0, 0.1) is 0 Å². The molecule has 0 radical (unpaired) electrons. The zero-order valence-corrected chi connectivity index (χ0v) is 13.0. The van der Waals surface area contributed by atoms with Gasteiger partial charge in [0.2, 0.25) is 0 Å². The van der Waals surface area contributed by atoms with Gasteiger partial charge in [0, 0.05) is 22.2 Å². The van der Waals surface area contributed by atoms with Gasteiger partial charge in [-0.25, -0.2) is 9.78 Å². The van der Waals surface area contributed by atoms with E-state index in [1.807, 2.05) is 20.8 Å². The average Bonchev–Trinajstić information content (AvgIpc) is 2.76. The van der Waals surface area contributed by atoms with Crippen LogP contribution >= 0.6 is 15.9 Å². The number of amides is 2. The van der Waals surface area contributed by atoms with E-state index in [4.69, 9.17) is 4.52 Å². The molecule has 2 aromatic heterocycles. The maximum atomic E-state index is 11.8. The molecule has 0 aliphatic rings. The maximum absolute atomic E-state index is 11.8. The molecule has 2 amide bonds. The number of aromatic nitrogens is 2. The van der Waals surface area contributed by atoms with Gasteiger partial charge in [-0.15, -0.1) is 0 Å². The summed E-state index contributed by atoms with van der Waals surface area (Å²) in [5, 5.41) is 9.00. The molecule has 0 saturated carbocycles. The lowest BCUT2D eigenvalue weighted by molar-refractivity contribution is 0.261. The fraction of sp³-hybridized carbons (Fsp3) is 0.308. The summed E-state index contributed by atoms with van der Waals surface area (Å²) >= 11 is 3.30. The lowest BCUT2D eigenvalue weighted by Crippen LogP contribution is -2.20. The molecule has 0 unspecified atom stereocenters. The Hall–Kier alpha value is -1.89. The lowest BCUT2D eigenvalue weighted by Gasteiger charge is -2.12. The Kier molecular flexibility index (Phi) is 4.08. The van der Waals surface area contributed by atoms with Crippen molar-refractivity contribution in [2.45, 2.75) is 26.2 Å². The molecule has 2 rings (SSSR count). The molecule has 7 heteroatoms. The molecule has 0 atom stereocenters. The standard InChI is InChI=1S/C13H15BrN4O2/c1-13(2,3)9-7-11(18-20-9)17-12(19)16-10-6-8(14)4-5-15-10/h4-7H,1-3H3,(H2,15,16,17,18,19). The number of halogens is 1. The quantitative estimate of drug-likeness (QED) is 0.873. The van der Waals surface area contributed by atoms with Gasteiger partial charge in [-0.1, -0.05) is 41.9 Å². The van der Waals surface area contributed by atoms with Crippen LogP contribution in [0.1, 0.15) is 26.5 Å². The van der Waals surface area contributed by atoms with E-state index < -0.39 is 6.03 Å². The molecule has 2 aromatic rings. The summed E-state index contributed by atoms with van der Waals surface area (Å²) in [7, 11) is 0. The highest BCUT2D eigenvalue weighted by Crippen LogP contribution is 2.24. The first-order valence-corrected chi connectivity index (χ1v) is 6.80. The van der Waals surface area contributed by atoms with Crippen molar-refractivity contribution >= 4 is 33.6 Å². The van der Waals surface area contributed by atoms with Crippen molar-refractivity contribution in [3.8, 4) is 0 Å². The van der Waals surface area contributed by atoms with Gasteiger partial charge in [0.25, 0.3) is 0 Å². The van der Waals surface area contributed by atoms with Crippen LogP contribution in [-0.2, 0) is 5.41 Å². The van der Waals surface area contributed by atoms with Gasteiger partial charge in [0.05, 0.1) is 0 Å². The van der Waals surface area contributed by atoms with E-state index in [2.05, 4.69) is 36.7 Å². The summed E-state index contributed by atoms with van der Waals surface area (Å²) in [6.45, 7) is 6.01. The zero-order valence-electron chi connectivity index (χ0n) is 11.4. The molecule has 2 heterocycles. The Morgan fingerprint density at radius 1 is 1.25 bits per heavy atom. The number of rotatable bonds is 2. The second-order valence-corrected chi connectivity index (χ2v) is 6.18. The molecule has 0 bridgehead atoms. The van der Waals surface area contributed by atoms with E-state index in [0.29, 0.717) is 17.4 Å². The number of carbonyl (C=O) groups excluding carboxylic acids is 1. The topological polar surface area (TPSA) is 80.0 Å². The Balaban J connectivity index is 2.00. The fourth-order valence-corrected chi connectivity index (χ4v) is 1.76. The summed E-state index contributed by atoms with van der Waals surface area (Å²) < 4.78 is 6.02. The number of hydrogen-bond acceptors (Lipinski definition) is 4. The lowest BCUT2D eigenvalue weighted by atomic mass is 9.93. The Morgan fingerprint density at radius 2 is 1.95 bits per heavy atom. The predicted molar refractivity (Wildman–Crippen MR) is 79.8 cm³/mol. The first-order chi connectivity index (χ1) is 9.34. The van der Waals surface area contributed by atoms with Crippen LogP contribution < -0.4 is 10.6 Å². The molecule has 20 heavy (non-hydrogen) atoms. The van der Waals surface area contributed by atoms with Crippen molar-refractivity contribution in [2.75, 3.05) is 10.6 Å². The third-order valence-corrected chi connectivity index (χ3v) is 2.95. The van der Waals surface area contributed by atoms with E-state index in [1.165, 1.54) is 0 Å². The van der Waals surface area contributed by atoms with Crippen LogP contribution in [0.2, 0.25) is 0 Å². The van der Waals surface area contributed by atoms with Crippen molar-refractivity contribution < 1.29 is 9.32 Å².